The Morgan fingerprint density at radius 2 is 2.04 bits per heavy atom. The first kappa shape index (κ1) is 18.9. The van der Waals surface area contributed by atoms with Crippen LogP contribution in [0.5, 0.6) is 0 Å². The number of thioether (sulfide) groups is 1. The lowest BCUT2D eigenvalue weighted by atomic mass is 9.87. The Morgan fingerprint density at radius 1 is 1.25 bits per heavy atom. The van der Waals surface area contributed by atoms with Crippen LogP contribution in [0, 0.1) is 5.92 Å². The van der Waals surface area contributed by atoms with Crippen LogP contribution in [0.25, 0.3) is 17.0 Å². The van der Waals surface area contributed by atoms with Crippen molar-refractivity contribution in [3.05, 3.63) is 52.6 Å². The number of carbonyl (C=O) groups is 2. The highest BCUT2D eigenvalue weighted by Gasteiger charge is 2.39. The Kier molecular flexibility index (Phi) is 4.82. The number of hydrogen-bond acceptors (Lipinski definition) is 3. The number of halogens is 3. The van der Waals surface area contributed by atoms with Gasteiger partial charge >= 0.3 is 6.18 Å². The van der Waals surface area contributed by atoms with Gasteiger partial charge in [-0.05, 0) is 43.2 Å². The van der Waals surface area contributed by atoms with E-state index in [1.165, 1.54) is 6.08 Å². The van der Waals surface area contributed by atoms with Gasteiger partial charge in [-0.25, -0.2) is 0 Å². The van der Waals surface area contributed by atoms with Crippen molar-refractivity contribution in [2.75, 3.05) is 0 Å². The Morgan fingerprint density at radius 3 is 2.75 bits per heavy atom. The molecule has 1 aromatic heterocycles. The molecule has 2 heterocycles. The number of aromatic nitrogens is 1. The van der Waals surface area contributed by atoms with Crippen LogP contribution in [0.4, 0.5) is 18.0 Å². The zero-order valence-corrected chi connectivity index (χ0v) is 15.6. The Balaban J connectivity index is 1.72. The average Bonchev–Trinajstić information content (AvgIpc) is 3.15. The molecule has 1 aliphatic carbocycles. The fourth-order valence-corrected chi connectivity index (χ4v) is 4.49. The Labute approximate surface area is 163 Å². The van der Waals surface area contributed by atoms with Crippen molar-refractivity contribution >= 4 is 39.9 Å². The summed E-state index contributed by atoms with van der Waals surface area (Å²) in [4.78, 5) is 23.5. The second kappa shape index (κ2) is 7.16. The Bertz CT molecular complexity index is 1020. The molecule has 1 saturated heterocycles. The molecular weight excluding hydrogens is 389 g/mol. The molecule has 4 rings (SSSR count). The van der Waals surface area contributed by atoms with Crippen LogP contribution in [0.3, 0.4) is 0 Å². The first-order valence-corrected chi connectivity index (χ1v) is 9.74. The van der Waals surface area contributed by atoms with Gasteiger partial charge in [-0.15, -0.1) is 0 Å². The molecule has 146 valence electrons. The summed E-state index contributed by atoms with van der Waals surface area (Å²) in [6.45, 7) is 0.216. The van der Waals surface area contributed by atoms with Crippen molar-refractivity contribution < 1.29 is 22.8 Å². The summed E-state index contributed by atoms with van der Waals surface area (Å²) < 4.78 is 42.0. The van der Waals surface area contributed by atoms with Crippen molar-refractivity contribution in [3.8, 4) is 0 Å². The topological polar surface area (TPSA) is 51.1 Å². The van der Waals surface area contributed by atoms with Crippen LogP contribution in [0.1, 0.15) is 24.8 Å². The zero-order valence-electron chi connectivity index (χ0n) is 14.8. The van der Waals surface area contributed by atoms with Crippen LogP contribution < -0.4 is 5.32 Å². The smallest absolute Gasteiger partial charge is 0.346 e. The normalized spacial score (nSPS) is 22.0. The zero-order chi connectivity index (χ0) is 19.9. The molecule has 1 aromatic carbocycles. The van der Waals surface area contributed by atoms with E-state index in [0.717, 1.165) is 29.1 Å². The van der Waals surface area contributed by atoms with Crippen molar-refractivity contribution in [1.29, 1.82) is 0 Å². The number of benzene rings is 1. The number of nitrogens with one attached hydrogen (secondary N) is 1. The lowest BCUT2D eigenvalue weighted by Gasteiger charge is -2.26. The molecule has 8 heteroatoms. The summed E-state index contributed by atoms with van der Waals surface area (Å²) in [7, 11) is 0. The maximum absolute atomic E-state index is 13.4. The summed E-state index contributed by atoms with van der Waals surface area (Å²) in [5.41, 5.74) is 1.06. The van der Waals surface area contributed by atoms with Gasteiger partial charge in [0.25, 0.3) is 11.1 Å². The minimum atomic E-state index is -4.32. The second-order valence-corrected chi connectivity index (χ2v) is 7.91. The third-order valence-corrected chi connectivity index (χ3v) is 5.86. The highest BCUT2D eigenvalue weighted by molar-refractivity contribution is 8.18. The van der Waals surface area contributed by atoms with E-state index in [9.17, 15) is 22.8 Å². The third kappa shape index (κ3) is 3.61. The minimum absolute atomic E-state index is 0.216. The quantitative estimate of drug-likeness (QED) is 0.559. The maximum atomic E-state index is 13.4. The van der Waals surface area contributed by atoms with E-state index >= 15 is 0 Å². The number of hydrogen-bond donors (Lipinski definition) is 1. The van der Waals surface area contributed by atoms with E-state index in [1.54, 1.807) is 12.3 Å². The summed E-state index contributed by atoms with van der Waals surface area (Å²) in [6, 6.07) is 7.38. The monoisotopic (exact) mass is 406 g/mol. The van der Waals surface area contributed by atoms with Gasteiger partial charge in [-0.1, -0.05) is 24.3 Å². The van der Waals surface area contributed by atoms with Crippen LogP contribution in [-0.4, -0.2) is 21.9 Å². The predicted octanol–water partition coefficient (Wildman–Crippen LogP) is 5.25. The molecule has 0 radical (unpaired) electrons. The molecule has 4 nitrogen and oxygen atoms in total. The van der Waals surface area contributed by atoms with Crippen molar-refractivity contribution in [2.24, 2.45) is 5.92 Å². The first-order valence-electron chi connectivity index (χ1n) is 8.93. The van der Waals surface area contributed by atoms with Gasteiger partial charge in [0, 0.05) is 40.7 Å². The van der Waals surface area contributed by atoms with Gasteiger partial charge < -0.3 is 4.57 Å². The van der Waals surface area contributed by atoms with Crippen LogP contribution >= 0.6 is 11.8 Å². The number of rotatable bonds is 3. The molecule has 2 amide bonds. The molecular formula is C20H17F3N2O2S. The second-order valence-electron chi connectivity index (χ2n) is 6.89. The lowest BCUT2D eigenvalue weighted by molar-refractivity contribution is -0.115. The van der Waals surface area contributed by atoms with Crippen molar-refractivity contribution in [1.82, 2.24) is 9.88 Å². The third-order valence-electron chi connectivity index (χ3n) is 5.05. The average molecular weight is 406 g/mol. The highest BCUT2D eigenvalue weighted by atomic mass is 32.2. The molecule has 1 fully saturated rings. The number of amides is 2. The van der Waals surface area contributed by atoms with Crippen molar-refractivity contribution in [2.45, 2.75) is 32.0 Å². The molecule has 2 aliphatic rings. The molecule has 0 bridgehead atoms. The predicted molar refractivity (Wildman–Crippen MR) is 103 cm³/mol. The van der Waals surface area contributed by atoms with E-state index in [-0.39, 0.29) is 11.4 Å². The standard InChI is InChI=1S/C20H17F3N2O2S/c21-20(22,23)15-7-3-1-5-12(15)10-25-11-13(14-6-2-4-8-16(14)25)9-17-18(26)24-19(27)28-17/h2,4,6-9,11-12H,1,3,5,10H2,(H,24,26,27)/b17-9-. The largest absolute Gasteiger partial charge is 0.412 e. The first-order chi connectivity index (χ1) is 13.3. The van der Waals surface area contributed by atoms with Crippen LogP contribution in [0.15, 0.2) is 47.0 Å². The molecule has 1 aliphatic heterocycles. The van der Waals surface area contributed by atoms with Crippen LogP contribution in [-0.2, 0) is 11.3 Å². The number of nitrogens with zero attached hydrogens (tertiary/aromatic N) is 1. The number of para-hydroxylation sites is 1. The van der Waals surface area contributed by atoms with Gasteiger partial charge in [0.05, 0.1) is 4.91 Å². The van der Waals surface area contributed by atoms with Crippen molar-refractivity contribution in [3.63, 3.8) is 0 Å². The molecule has 28 heavy (non-hydrogen) atoms. The molecule has 1 unspecified atom stereocenters. The van der Waals surface area contributed by atoms with E-state index in [1.807, 2.05) is 28.8 Å². The maximum Gasteiger partial charge on any atom is 0.412 e. The number of fused-ring (bicyclic) bond motifs is 1. The Hall–Kier alpha value is -2.48. The SMILES string of the molecule is O=C1NC(=O)/C(=C/c2cn(CC3CCCC=C3C(F)(F)F)c3ccccc23)S1. The summed E-state index contributed by atoms with van der Waals surface area (Å²) >= 11 is 0.820. The molecule has 0 saturated carbocycles. The molecule has 1 N–H and O–H groups in total. The molecule has 1 atom stereocenters. The highest BCUT2D eigenvalue weighted by Crippen LogP contribution is 2.39. The van der Waals surface area contributed by atoms with Gasteiger partial charge in [-0.3, -0.25) is 14.9 Å². The summed E-state index contributed by atoms with van der Waals surface area (Å²) in [5.74, 6) is -1.06. The lowest BCUT2D eigenvalue weighted by Crippen LogP contribution is -2.25. The van der Waals surface area contributed by atoms with Gasteiger partial charge in [0.2, 0.25) is 0 Å². The molecule has 2 aromatic rings. The van der Waals surface area contributed by atoms with E-state index in [0.29, 0.717) is 18.4 Å². The number of allylic oxidation sites excluding steroid dienone is 2. The number of alkyl halides is 3. The fourth-order valence-electron chi connectivity index (χ4n) is 3.82. The van der Waals surface area contributed by atoms with Crippen LogP contribution in [0.2, 0.25) is 0 Å². The van der Waals surface area contributed by atoms with E-state index in [4.69, 9.17) is 0 Å². The summed E-state index contributed by atoms with van der Waals surface area (Å²) in [6.07, 6.45) is 2.05. The molecule has 0 spiro atoms. The minimum Gasteiger partial charge on any atom is -0.346 e. The fraction of sp³-hybridized carbons (Fsp3) is 0.300. The number of imide groups is 1. The van der Waals surface area contributed by atoms with E-state index < -0.39 is 28.8 Å². The summed E-state index contributed by atoms with van der Waals surface area (Å²) in [5, 5.41) is 2.61. The van der Waals surface area contributed by atoms with Gasteiger partial charge in [-0.2, -0.15) is 13.2 Å². The van der Waals surface area contributed by atoms with Gasteiger partial charge in [0.1, 0.15) is 0 Å². The van der Waals surface area contributed by atoms with Gasteiger partial charge in [0.15, 0.2) is 0 Å². The van der Waals surface area contributed by atoms with E-state index in [2.05, 4.69) is 5.32 Å². The number of carbonyl (C=O) groups excluding carboxylic acids is 2.